The van der Waals surface area contributed by atoms with Gasteiger partial charge in [-0.05, 0) is 25.3 Å². The lowest BCUT2D eigenvalue weighted by Gasteiger charge is -2.02. The Balaban J connectivity index is 2.70. The van der Waals surface area contributed by atoms with Gasteiger partial charge in [0.15, 0.2) is 0 Å². The average molecular weight is 137 g/mol. The summed E-state index contributed by atoms with van der Waals surface area (Å²) in [7, 11) is 0. The summed E-state index contributed by atoms with van der Waals surface area (Å²) in [6.45, 7) is 8.65. The van der Waals surface area contributed by atoms with Gasteiger partial charge >= 0.3 is 0 Å². The zero-order valence-electron chi connectivity index (χ0n) is 7.23. The van der Waals surface area contributed by atoms with Gasteiger partial charge in [-0.3, -0.25) is 4.99 Å². The lowest BCUT2D eigenvalue weighted by Crippen LogP contribution is -2.03. The fourth-order valence-electron chi connectivity index (χ4n) is 1.08. The SMILES string of the molecule is CC1=C(C)N=C(C(C)C)C1. The normalized spacial score (nSPS) is 18.7. The Hall–Kier alpha value is -0.590. The van der Waals surface area contributed by atoms with Crippen molar-refractivity contribution < 1.29 is 0 Å². The molecule has 0 radical (unpaired) electrons. The number of hydrogen-bond acceptors (Lipinski definition) is 1. The van der Waals surface area contributed by atoms with Gasteiger partial charge in [0.1, 0.15) is 0 Å². The minimum Gasteiger partial charge on any atom is -0.262 e. The molecule has 1 rings (SSSR count). The molecule has 0 amide bonds. The monoisotopic (exact) mass is 137 g/mol. The quantitative estimate of drug-likeness (QED) is 0.527. The topological polar surface area (TPSA) is 12.4 Å². The average Bonchev–Trinajstić information content (AvgIpc) is 2.13. The summed E-state index contributed by atoms with van der Waals surface area (Å²) >= 11 is 0. The molecular formula is C9H15N. The highest BCUT2D eigenvalue weighted by Gasteiger charge is 2.13. The molecule has 1 heterocycles. The summed E-state index contributed by atoms with van der Waals surface area (Å²) < 4.78 is 0. The van der Waals surface area contributed by atoms with Gasteiger partial charge in [0.25, 0.3) is 0 Å². The Bertz CT molecular complexity index is 197. The fraction of sp³-hybridized carbons (Fsp3) is 0.667. The molecule has 0 unspecified atom stereocenters. The van der Waals surface area contributed by atoms with Gasteiger partial charge in [-0.25, -0.2) is 0 Å². The molecule has 0 spiro atoms. The van der Waals surface area contributed by atoms with E-state index in [1.165, 1.54) is 17.0 Å². The zero-order chi connectivity index (χ0) is 7.72. The van der Waals surface area contributed by atoms with E-state index in [2.05, 4.69) is 32.7 Å². The van der Waals surface area contributed by atoms with Gasteiger partial charge in [-0.15, -0.1) is 0 Å². The van der Waals surface area contributed by atoms with Crippen molar-refractivity contribution in [2.45, 2.75) is 34.1 Å². The predicted octanol–water partition coefficient (Wildman–Crippen LogP) is 2.78. The highest BCUT2D eigenvalue weighted by molar-refractivity contribution is 5.91. The van der Waals surface area contributed by atoms with Crippen LogP contribution in [0.2, 0.25) is 0 Å². The van der Waals surface area contributed by atoms with Gasteiger partial charge in [0, 0.05) is 17.8 Å². The number of allylic oxidation sites excluding steroid dienone is 2. The number of hydrogen-bond donors (Lipinski definition) is 0. The van der Waals surface area contributed by atoms with Crippen molar-refractivity contribution in [2.24, 2.45) is 10.9 Å². The Kier molecular flexibility index (Phi) is 1.93. The molecule has 0 aromatic rings. The van der Waals surface area contributed by atoms with E-state index in [4.69, 9.17) is 0 Å². The standard InChI is InChI=1S/C9H15N/c1-6(2)9-5-7(3)8(4)10-9/h6H,5H2,1-4H3. The molecule has 0 N–H and O–H groups in total. The molecule has 1 nitrogen and oxygen atoms in total. The zero-order valence-corrected chi connectivity index (χ0v) is 7.23. The molecule has 10 heavy (non-hydrogen) atoms. The van der Waals surface area contributed by atoms with Gasteiger partial charge < -0.3 is 0 Å². The van der Waals surface area contributed by atoms with Crippen LogP contribution in [-0.4, -0.2) is 5.71 Å². The first-order valence-corrected chi connectivity index (χ1v) is 3.85. The van der Waals surface area contributed by atoms with Crippen molar-refractivity contribution in [1.29, 1.82) is 0 Å². The van der Waals surface area contributed by atoms with Gasteiger partial charge in [0.2, 0.25) is 0 Å². The summed E-state index contributed by atoms with van der Waals surface area (Å²) in [4.78, 5) is 4.47. The number of nitrogens with zero attached hydrogens (tertiary/aromatic N) is 1. The maximum absolute atomic E-state index is 4.47. The summed E-state index contributed by atoms with van der Waals surface area (Å²) in [6.07, 6.45) is 1.10. The van der Waals surface area contributed by atoms with Crippen LogP contribution >= 0.6 is 0 Å². The Labute approximate surface area is 62.9 Å². The molecule has 1 aliphatic heterocycles. The van der Waals surface area contributed by atoms with Crippen molar-refractivity contribution >= 4 is 5.71 Å². The second kappa shape index (κ2) is 2.57. The lowest BCUT2D eigenvalue weighted by atomic mass is 10.0. The van der Waals surface area contributed by atoms with E-state index in [-0.39, 0.29) is 0 Å². The van der Waals surface area contributed by atoms with Crippen molar-refractivity contribution in [1.82, 2.24) is 0 Å². The van der Waals surface area contributed by atoms with Crippen LogP contribution in [0.1, 0.15) is 34.1 Å². The fourth-order valence-corrected chi connectivity index (χ4v) is 1.08. The third-order valence-electron chi connectivity index (χ3n) is 2.04. The van der Waals surface area contributed by atoms with Crippen LogP contribution in [0.4, 0.5) is 0 Å². The molecule has 0 atom stereocenters. The maximum atomic E-state index is 4.47. The molecule has 0 aromatic carbocycles. The van der Waals surface area contributed by atoms with Crippen LogP contribution < -0.4 is 0 Å². The minimum absolute atomic E-state index is 0.618. The minimum atomic E-state index is 0.618. The van der Waals surface area contributed by atoms with E-state index in [9.17, 15) is 0 Å². The Morgan fingerprint density at radius 3 is 2.10 bits per heavy atom. The first kappa shape index (κ1) is 7.52. The first-order chi connectivity index (χ1) is 4.61. The highest BCUT2D eigenvalue weighted by Crippen LogP contribution is 2.21. The molecule has 0 aliphatic carbocycles. The lowest BCUT2D eigenvalue weighted by molar-refractivity contribution is 0.869. The van der Waals surface area contributed by atoms with Crippen molar-refractivity contribution in [3.63, 3.8) is 0 Å². The van der Waals surface area contributed by atoms with Crippen LogP contribution in [-0.2, 0) is 0 Å². The summed E-state index contributed by atoms with van der Waals surface area (Å²) in [5, 5.41) is 0. The molecule has 56 valence electrons. The van der Waals surface area contributed by atoms with Crippen LogP contribution in [0, 0.1) is 5.92 Å². The van der Waals surface area contributed by atoms with E-state index >= 15 is 0 Å². The van der Waals surface area contributed by atoms with E-state index < -0.39 is 0 Å². The summed E-state index contributed by atoms with van der Waals surface area (Å²) in [5.74, 6) is 0.618. The van der Waals surface area contributed by atoms with E-state index in [1.54, 1.807) is 0 Å². The third-order valence-corrected chi connectivity index (χ3v) is 2.04. The van der Waals surface area contributed by atoms with Crippen molar-refractivity contribution in [3.05, 3.63) is 11.3 Å². The maximum Gasteiger partial charge on any atom is 0.0365 e. The highest BCUT2D eigenvalue weighted by atomic mass is 14.8. The van der Waals surface area contributed by atoms with Crippen molar-refractivity contribution in [3.8, 4) is 0 Å². The predicted molar refractivity (Wildman–Crippen MR) is 45.3 cm³/mol. The number of rotatable bonds is 1. The molecule has 0 aromatic heterocycles. The smallest absolute Gasteiger partial charge is 0.0365 e. The van der Waals surface area contributed by atoms with Gasteiger partial charge in [0.05, 0.1) is 0 Å². The largest absolute Gasteiger partial charge is 0.262 e. The van der Waals surface area contributed by atoms with Crippen LogP contribution in [0.3, 0.4) is 0 Å². The van der Waals surface area contributed by atoms with E-state index in [0.717, 1.165) is 6.42 Å². The molecule has 0 saturated carbocycles. The molecule has 0 bridgehead atoms. The van der Waals surface area contributed by atoms with Crippen LogP contribution in [0.15, 0.2) is 16.3 Å². The second-order valence-corrected chi connectivity index (χ2v) is 3.30. The molecule has 0 saturated heterocycles. The van der Waals surface area contributed by atoms with Crippen LogP contribution in [0.5, 0.6) is 0 Å². The molecule has 1 aliphatic rings. The van der Waals surface area contributed by atoms with Crippen molar-refractivity contribution in [2.75, 3.05) is 0 Å². The Morgan fingerprint density at radius 2 is 1.90 bits per heavy atom. The number of aliphatic imine (C=N–C) groups is 1. The molecular weight excluding hydrogens is 122 g/mol. The van der Waals surface area contributed by atoms with Gasteiger partial charge in [-0.1, -0.05) is 13.8 Å². The van der Waals surface area contributed by atoms with Crippen LogP contribution in [0.25, 0.3) is 0 Å². The third kappa shape index (κ3) is 1.28. The summed E-state index contributed by atoms with van der Waals surface area (Å²) in [5.41, 5.74) is 4.00. The second-order valence-electron chi connectivity index (χ2n) is 3.30. The molecule has 0 fully saturated rings. The van der Waals surface area contributed by atoms with E-state index in [0.29, 0.717) is 5.92 Å². The Morgan fingerprint density at radius 1 is 1.30 bits per heavy atom. The summed E-state index contributed by atoms with van der Waals surface area (Å²) in [6, 6.07) is 0. The first-order valence-electron chi connectivity index (χ1n) is 3.85. The molecule has 1 heteroatoms. The van der Waals surface area contributed by atoms with Gasteiger partial charge in [-0.2, -0.15) is 0 Å². The van der Waals surface area contributed by atoms with E-state index in [1.807, 2.05) is 0 Å².